The summed E-state index contributed by atoms with van der Waals surface area (Å²) in [4.78, 5) is 13.8. The highest BCUT2D eigenvalue weighted by atomic mass is 15.5. The zero-order valence-electron chi connectivity index (χ0n) is 16.4. The summed E-state index contributed by atoms with van der Waals surface area (Å²) in [5, 5.41) is 15.9. The first kappa shape index (κ1) is 18.0. The van der Waals surface area contributed by atoms with Gasteiger partial charge in [-0.3, -0.25) is 10.4 Å². The summed E-state index contributed by atoms with van der Waals surface area (Å²) in [6.07, 6.45) is 6.28. The van der Waals surface area contributed by atoms with Crippen molar-refractivity contribution < 1.29 is 0 Å². The summed E-state index contributed by atoms with van der Waals surface area (Å²) in [5.41, 5.74) is 8.79. The molecule has 3 aromatic heterocycles. The van der Waals surface area contributed by atoms with E-state index >= 15 is 0 Å². The highest BCUT2D eigenvalue weighted by Gasteiger charge is 2.20. The minimum atomic E-state index is 0.618. The number of benzene rings is 1. The maximum Gasteiger partial charge on any atom is 0.180 e. The van der Waals surface area contributed by atoms with Gasteiger partial charge in [0.2, 0.25) is 0 Å². The Bertz CT molecular complexity index is 1200. The number of tetrazole rings is 1. The molecular formula is C21H19N9. The average molecular weight is 397 g/mol. The van der Waals surface area contributed by atoms with Crippen molar-refractivity contribution in [1.82, 2.24) is 35.2 Å². The summed E-state index contributed by atoms with van der Waals surface area (Å²) in [5.74, 6) is 1.36. The third-order valence-electron chi connectivity index (χ3n) is 5.03. The van der Waals surface area contributed by atoms with Crippen LogP contribution >= 0.6 is 0 Å². The molecule has 0 unspecified atom stereocenters. The topological polar surface area (TPSA) is 107 Å². The van der Waals surface area contributed by atoms with Crippen LogP contribution in [0.5, 0.6) is 0 Å². The van der Waals surface area contributed by atoms with Crippen molar-refractivity contribution in [2.75, 3.05) is 5.43 Å². The van der Waals surface area contributed by atoms with Gasteiger partial charge in [-0.25, -0.2) is 14.6 Å². The fourth-order valence-electron chi connectivity index (χ4n) is 3.49. The van der Waals surface area contributed by atoms with Crippen molar-refractivity contribution in [3.05, 3.63) is 71.8 Å². The van der Waals surface area contributed by atoms with Crippen molar-refractivity contribution in [2.45, 2.75) is 26.2 Å². The van der Waals surface area contributed by atoms with Gasteiger partial charge in [0.25, 0.3) is 0 Å². The lowest BCUT2D eigenvalue weighted by atomic mass is 10.1. The van der Waals surface area contributed by atoms with Gasteiger partial charge < -0.3 is 0 Å². The van der Waals surface area contributed by atoms with E-state index in [4.69, 9.17) is 9.97 Å². The first-order valence-corrected chi connectivity index (χ1v) is 9.73. The van der Waals surface area contributed by atoms with E-state index in [2.05, 4.69) is 31.0 Å². The normalized spacial score (nSPS) is 13.3. The lowest BCUT2D eigenvalue weighted by Crippen LogP contribution is -2.07. The number of aryl methyl sites for hydroxylation is 1. The van der Waals surface area contributed by atoms with Crippen molar-refractivity contribution in [1.29, 1.82) is 0 Å². The van der Waals surface area contributed by atoms with Crippen LogP contribution in [-0.4, -0.2) is 40.9 Å². The molecule has 3 heterocycles. The predicted octanol–water partition coefficient (Wildman–Crippen LogP) is 2.84. The van der Waals surface area contributed by atoms with Crippen molar-refractivity contribution >= 4 is 11.5 Å². The van der Waals surface area contributed by atoms with Crippen LogP contribution in [-0.2, 0) is 12.8 Å². The second-order valence-corrected chi connectivity index (χ2v) is 7.00. The van der Waals surface area contributed by atoms with Gasteiger partial charge in [0.15, 0.2) is 11.6 Å². The van der Waals surface area contributed by atoms with Crippen LogP contribution in [0.2, 0.25) is 0 Å². The first-order chi connectivity index (χ1) is 14.8. The van der Waals surface area contributed by atoms with E-state index in [1.54, 1.807) is 17.2 Å². The molecule has 1 aromatic carbocycles. The van der Waals surface area contributed by atoms with E-state index in [9.17, 15) is 0 Å². The van der Waals surface area contributed by atoms with Gasteiger partial charge in [-0.15, -0.1) is 5.10 Å². The number of hydrogen-bond acceptors (Lipinski definition) is 8. The van der Waals surface area contributed by atoms with Gasteiger partial charge in [-0.1, -0.05) is 18.2 Å². The number of hydrazone groups is 1. The SMILES string of the molecule is C/C(=N\Nc1nc(-c2ccccn2)nc2c1CCC2)c1cccc(-n2cnnn2)c1. The molecule has 9 heteroatoms. The summed E-state index contributed by atoms with van der Waals surface area (Å²) >= 11 is 0. The molecule has 1 aliphatic rings. The zero-order valence-corrected chi connectivity index (χ0v) is 16.4. The van der Waals surface area contributed by atoms with Crippen LogP contribution in [0.3, 0.4) is 0 Å². The molecule has 1 aliphatic carbocycles. The third kappa shape index (κ3) is 3.52. The van der Waals surface area contributed by atoms with Crippen LogP contribution in [0.15, 0.2) is 60.1 Å². The summed E-state index contributed by atoms with van der Waals surface area (Å²) < 4.78 is 1.61. The summed E-state index contributed by atoms with van der Waals surface area (Å²) in [7, 11) is 0. The molecule has 0 saturated carbocycles. The molecule has 30 heavy (non-hydrogen) atoms. The number of aromatic nitrogens is 7. The van der Waals surface area contributed by atoms with Gasteiger partial charge >= 0.3 is 0 Å². The number of nitrogens with one attached hydrogen (secondary N) is 1. The quantitative estimate of drug-likeness (QED) is 0.408. The molecule has 4 aromatic rings. The molecule has 0 radical (unpaired) electrons. The first-order valence-electron chi connectivity index (χ1n) is 9.73. The Balaban J connectivity index is 1.45. The maximum atomic E-state index is 4.73. The summed E-state index contributed by atoms with van der Waals surface area (Å²) in [6, 6.07) is 13.6. The van der Waals surface area contributed by atoms with E-state index < -0.39 is 0 Å². The predicted molar refractivity (Wildman–Crippen MR) is 112 cm³/mol. The highest BCUT2D eigenvalue weighted by Crippen LogP contribution is 2.28. The molecule has 0 spiro atoms. The standard InChI is InChI=1S/C21H19N9/c1-14(15-6-4-7-16(12-15)30-13-23-28-29-30)26-27-20-17-8-5-10-18(17)24-21(25-20)19-9-2-3-11-22-19/h2-4,6-7,9,11-13H,5,8,10H2,1H3,(H,24,25,27)/b26-14+. The fourth-order valence-corrected chi connectivity index (χ4v) is 3.49. The van der Waals surface area contributed by atoms with E-state index in [1.165, 1.54) is 0 Å². The van der Waals surface area contributed by atoms with Crippen LogP contribution in [0, 0.1) is 0 Å². The average Bonchev–Trinajstić information content (AvgIpc) is 3.50. The Morgan fingerprint density at radius 3 is 2.90 bits per heavy atom. The molecule has 1 N–H and O–H groups in total. The minimum absolute atomic E-state index is 0.618. The highest BCUT2D eigenvalue weighted by molar-refractivity contribution is 5.99. The molecule has 0 atom stereocenters. The summed E-state index contributed by atoms with van der Waals surface area (Å²) in [6.45, 7) is 1.95. The van der Waals surface area contributed by atoms with Crippen LogP contribution in [0.25, 0.3) is 17.2 Å². The van der Waals surface area contributed by atoms with Crippen molar-refractivity contribution in [3.63, 3.8) is 0 Å². The van der Waals surface area contributed by atoms with E-state index in [-0.39, 0.29) is 0 Å². The number of nitrogens with zero attached hydrogens (tertiary/aromatic N) is 8. The van der Waals surface area contributed by atoms with Crippen molar-refractivity contribution in [2.24, 2.45) is 5.10 Å². The number of pyridine rings is 1. The lowest BCUT2D eigenvalue weighted by molar-refractivity contribution is 0.789. The molecule has 0 fully saturated rings. The van der Waals surface area contributed by atoms with Gasteiger partial charge in [0.05, 0.1) is 11.4 Å². The number of hydrogen-bond donors (Lipinski definition) is 1. The molecule has 0 bridgehead atoms. The molecule has 9 nitrogen and oxygen atoms in total. The molecule has 5 rings (SSSR count). The maximum absolute atomic E-state index is 4.73. The van der Waals surface area contributed by atoms with Crippen LogP contribution in [0.4, 0.5) is 5.82 Å². The lowest BCUT2D eigenvalue weighted by Gasteiger charge is -2.10. The Hall–Kier alpha value is -4.01. The monoisotopic (exact) mass is 397 g/mol. The van der Waals surface area contributed by atoms with Gasteiger partial charge in [0.1, 0.15) is 12.0 Å². The molecule has 148 valence electrons. The van der Waals surface area contributed by atoms with Gasteiger partial charge in [-0.2, -0.15) is 5.10 Å². The molecular weight excluding hydrogens is 378 g/mol. The Kier molecular flexibility index (Phi) is 4.68. The number of rotatable bonds is 5. The third-order valence-corrected chi connectivity index (χ3v) is 5.03. The Morgan fingerprint density at radius 1 is 1.10 bits per heavy atom. The molecule has 0 saturated heterocycles. The largest absolute Gasteiger partial charge is 0.261 e. The second kappa shape index (κ2) is 7.78. The Labute approximate surface area is 172 Å². The van der Waals surface area contributed by atoms with E-state index in [1.807, 2.05) is 49.4 Å². The minimum Gasteiger partial charge on any atom is -0.261 e. The van der Waals surface area contributed by atoms with Crippen LogP contribution < -0.4 is 5.43 Å². The molecule has 0 amide bonds. The van der Waals surface area contributed by atoms with E-state index in [0.717, 1.165) is 59.0 Å². The van der Waals surface area contributed by atoms with Crippen LogP contribution in [0.1, 0.15) is 30.2 Å². The number of fused-ring (bicyclic) bond motifs is 1. The molecule has 0 aliphatic heterocycles. The fraction of sp³-hybridized carbons (Fsp3) is 0.190. The zero-order chi connectivity index (χ0) is 20.3. The van der Waals surface area contributed by atoms with Crippen molar-refractivity contribution in [3.8, 4) is 17.2 Å². The Morgan fingerprint density at radius 2 is 2.07 bits per heavy atom. The van der Waals surface area contributed by atoms with E-state index in [0.29, 0.717) is 5.82 Å². The number of anilines is 1. The van der Waals surface area contributed by atoms with Gasteiger partial charge in [-0.05, 0) is 66.4 Å². The van der Waals surface area contributed by atoms with Gasteiger partial charge in [0, 0.05) is 17.5 Å². The smallest absolute Gasteiger partial charge is 0.180 e. The second-order valence-electron chi connectivity index (χ2n) is 7.00.